The van der Waals surface area contributed by atoms with Gasteiger partial charge in [0.2, 0.25) is 0 Å². The molecule has 0 radical (unpaired) electrons. The summed E-state index contributed by atoms with van der Waals surface area (Å²) in [6, 6.07) is 0. The topological polar surface area (TPSA) is 175 Å². The molecule has 3 N–H and O–H groups in total. The number of aliphatic hydroxyl groups is 2. The van der Waals surface area contributed by atoms with Gasteiger partial charge >= 0.3 is 23.9 Å². The van der Waals surface area contributed by atoms with Gasteiger partial charge in [-0.3, -0.25) is 14.4 Å². The lowest BCUT2D eigenvalue weighted by Crippen LogP contribution is -2.61. The molecule has 0 saturated carbocycles. The number of allylic oxidation sites excluding steroid dienone is 18. The minimum absolute atomic E-state index is 0.0342. The minimum Gasteiger partial charge on any atom is -0.479 e. The van der Waals surface area contributed by atoms with Crippen molar-refractivity contribution in [2.45, 2.75) is 276 Å². The number of esters is 3. The Kier molecular flexibility index (Phi) is 49.5. The zero-order chi connectivity index (χ0) is 57.5. The lowest BCUT2D eigenvalue weighted by atomic mass is 9.98. The van der Waals surface area contributed by atoms with Crippen LogP contribution in [0.3, 0.4) is 0 Å². The minimum atomic E-state index is -1.92. The maximum Gasteiger partial charge on any atom is 0.335 e. The zero-order valence-electron chi connectivity index (χ0n) is 49.3. The molecular weight excluding hydrogens is 997 g/mol. The van der Waals surface area contributed by atoms with Crippen LogP contribution in [0, 0.1) is 0 Å². The molecule has 79 heavy (non-hydrogen) atoms. The van der Waals surface area contributed by atoms with Crippen LogP contribution >= 0.6 is 0 Å². The van der Waals surface area contributed by atoms with Crippen LogP contribution in [0.2, 0.25) is 0 Å². The van der Waals surface area contributed by atoms with Gasteiger partial charge in [-0.1, -0.05) is 220 Å². The van der Waals surface area contributed by atoms with E-state index in [0.29, 0.717) is 25.7 Å². The first-order valence-corrected chi connectivity index (χ1v) is 30.9. The molecule has 1 rings (SSSR count). The molecule has 6 atom stereocenters. The largest absolute Gasteiger partial charge is 0.479 e. The molecule has 1 aliphatic rings. The monoisotopic (exact) mass is 1100 g/mol. The maximum atomic E-state index is 13.1. The van der Waals surface area contributed by atoms with E-state index in [4.69, 9.17) is 23.7 Å². The molecule has 448 valence electrons. The molecule has 0 aromatic heterocycles. The lowest BCUT2D eigenvalue weighted by Gasteiger charge is -2.40. The molecule has 12 nitrogen and oxygen atoms in total. The van der Waals surface area contributed by atoms with Crippen LogP contribution in [0.5, 0.6) is 0 Å². The van der Waals surface area contributed by atoms with E-state index in [1.165, 1.54) is 57.8 Å². The normalized spacial score (nSPS) is 18.6. The molecular formula is C67H108O12. The third kappa shape index (κ3) is 43.8. The van der Waals surface area contributed by atoms with Crippen LogP contribution in [-0.2, 0) is 42.9 Å². The molecule has 0 aromatic rings. The lowest BCUT2D eigenvalue weighted by molar-refractivity contribution is -0.301. The molecule has 1 fully saturated rings. The van der Waals surface area contributed by atoms with E-state index in [9.17, 15) is 34.5 Å². The van der Waals surface area contributed by atoms with Gasteiger partial charge in [-0.15, -0.1) is 0 Å². The molecule has 1 heterocycles. The number of carboxylic acids is 1. The summed E-state index contributed by atoms with van der Waals surface area (Å²) < 4.78 is 28.4. The Morgan fingerprint density at radius 2 is 0.823 bits per heavy atom. The summed E-state index contributed by atoms with van der Waals surface area (Å²) in [7, 11) is 0. The van der Waals surface area contributed by atoms with Crippen LogP contribution in [0.25, 0.3) is 0 Å². The summed E-state index contributed by atoms with van der Waals surface area (Å²) in [4.78, 5) is 51.2. The Hall–Kier alpha value is -4.62. The molecule has 1 aliphatic heterocycles. The fraction of sp³-hybridized carbons (Fsp3) is 0.672. The number of hydrogen-bond donors (Lipinski definition) is 3. The summed E-state index contributed by atoms with van der Waals surface area (Å²) in [5.74, 6) is -3.25. The Morgan fingerprint density at radius 1 is 0.430 bits per heavy atom. The average Bonchev–Trinajstić information content (AvgIpc) is 3.43. The van der Waals surface area contributed by atoms with Crippen LogP contribution in [0.1, 0.15) is 239 Å². The number of hydrogen-bond acceptors (Lipinski definition) is 11. The maximum absolute atomic E-state index is 13.1. The number of carbonyl (C=O) groups excluding carboxylic acids is 3. The number of carbonyl (C=O) groups is 4. The van der Waals surface area contributed by atoms with Gasteiger partial charge in [0.05, 0.1) is 6.61 Å². The molecule has 0 spiro atoms. The Labute approximate surface area is 478 Å². The van der Waals surface area contributed by atoms with Crippen LogP contribution in [-0.4, -0.2) is 89.2 Å². The van der Waals surface area contributed by atoms with Crippen molar-refractivity contribution in [2.75, 3.05) is 13.2 Å². The molecule has 0 aliphatic carbocycles. The SMILES string of the molecule is CC/C=C\C/C=C\C/C=C\C/C=C\CCC(=O)OC(COC(=O)CCCCCCCCC/C=C\C/C=C\C/C=C\CC)COC1OC(C(=O)O)C(O)C(O)C1OC(=O)CCCCCCCCCCC/C=C\C/C=C\CCCCC. The first kappa shape index (κ1) is 72.4. The van der Waals surface area contributed by atoms with Gasteiger partial charge in [0.25, 0.3) is 0 Å². The zero-order valence-corrected chi connectivity index (χ0v) is 49.3. The third-order valence-corrected chi connectivity index (χ3v) is 13.3. The Morgan fingerprint density at radius 3 is 1.27 bits per heavy atom. The predicted molar refractivity (Wildman–Crippen MR) is 321 cm³/mol. The van der Waals surface area contributed by atoms with Crippen molar-refractivity contribution < 1.29 is 58.2 Å². The number of ether oxygens (including phenoxy) is 5. The summed E-state index contributed by atoms with van der Waals surface area (Å²) in [5.41, 5.74) is 0. The number of unbranched alkanes of at least 4 members (excludes halogenated alkanes) is 19. The molecule has 0 bridgehead atoms. The number of carboxylic acid groups (broad SMARTS) is 1. The summed E-state index contributed by atoms with van der Waals surface area (Å²) >= 11 is 0. The van der Waals surface area contributed by atoms with E-state index in [-0.39, 0.29) is 25.9 Å². The van der Waals surface area contributed by atoms with Gasteiger partial charge in [0.1, 0.15) is 18.8 Å². The van der Waals surface area contributed by atoms with Crippen molar-refractivity contribution in [1.82, 2.24) is 0 Å². The average molecular weight is 1110 g/mol. The predicted octanol–water partition coefficient (Wildman–Crippen LogP) is 16.2. The van der Waals surface area contributed by atoms with E-state index in [1.54, 1.807) is 0 Å². The number of aliphatic hydroxyl groups excluding tert-OH is 2. The number of rotatable bonds is 51. The van der Waals surface area contributed by atoms with Gasteiger partial charge in [0.15, 0.2) is 24.6 Å². The van der Waals surface area contributed by atoms with Gasteiger partial charge in [0, 0.05) is 19.3 Å². The van der Waals surface area contributed by atoms with Crippen molar-refractivity contribution in [3.63, 3.8) is 0 Å². The second-order valence-electron chi connectivity index (χ2n) is 20.6. The fourth-order valence-electron chi connectivity index (χ4n) is 8.66. The van der Waals surface area contributed by atoms with Crippen LogP contribution < -0.4 is 0 Å². The fourth-order valence-corrected chi connectivity index (χ4v) is 8.66. The van der Waals surface area contributed by atoms with Gasteiger partial charge < -0.3 is 39.0 Å². The first-order chi connectivity index (χ1) is 38.6. The Bertz CT molecular complexity index is 1790. The smallest absolute Gasteiger partial charge is 0.335 e. The van der Waals surface area contributed by atoms with Gasteiger partial charge in [-0.05, 0) is 109 Å². The van der Waals surface area contributed by atoms with Crippen molar-refractivity contribution in [3.8, 4) is 0 Å². The summed E-state index contributed by atoms with van der Waals surface area (Å²) in [6.07, 6.45) is 60.7. The highest BCUT2D eigenvalue weighted by Gasteiger charge is 2.50. The Balaban J connectivity index is 2.69. The van der Waals surface area contributed by atoms with E-state index in [2.05, 4.69) is 118 Å². The number of aliphatic carboxylic acids is 1. The highest BCUT2D eigenvalue weighted by molar-refractivity contribution is 5.74. The van der Waals surface area contributed by atoms with Crippen molar-refractivity contribution in [2.24, 2.45) is 0 Å². The first-order valence-electron chi connectivity index (χ1n) is 30.9. The van der Waals surface area contributed by atoms with Crippen LogP contribution in [0.15, 0.2) is 109 Å². The van der Waals surface area contributed by atoms with Crippen molar-refractivity contribution in [3.05, 3.63) is 109 Å². The van der Waals surface area contributed by atoms with Crippen LogP contribution in [0.4, 0.5) is 0 Å². The third-order valence-electron chi connectivity index (χ3n) is 13.3. The second kappa shape index (κ2) is 54.0. The van der Waals surface area contributed by atoms with E-state index < -0.39 is 67.3 Å². The standard InChI is InChI=1S/C67H108O12/c1-4-7-10-13-16-19-22-25-27-29-30-32-34-37-40-43-46-49-52-55-61(70)78-65-63(72)62(71)64(66(73)74)79-67(65)76-57-58(77-60(69)54-51-48-45-42-39-35-24-21-18-15-12-9-6-3)56-75-59(68)53-50-47-44-41-38-36-33-31-28-26-23-20-17-14-11-8-5-2/h8-9,11-12,16-21,25-28,35,39,45,48,58,62-65,67,71-72H,4-7,10,13-15,22-24,29-34,36-38,40-44,46-47,49-57H2,1-3H3,(H,73,74)/b11-8-,12-9-,19-16-,20-17-,21-18-,27-25-,28-26-,39-35-,48-45-. The second-order valence-corrected chi connectivity index (χ2v) is 20.6. The quantitative estimate of drug-likeness (QED) is 0.0228. The molecule has 1 saturated heterocycles. The van der Waals surface area contributed by atoms with Crippen molar-refractivity contribution >= 4 is 23.9 Å². The van der Waals surface area contributed by atoms with E-state index in [1.807, 2.05) is 12.2 Å². The summed E-state index contributed by atoms with van der Waals surface area (Å²) in [5, 5.41) is 31.5. The highest BCUT2D eigenvalue weighted by Crippen LogP contribution is 2.26. The molecule has 0 amide bonds. The van der Waals surface area contributed by atoms with Gasteiger partial charge in [-0.2, -0.15) is 0 Å². The highest BCUT2D eigenvalue weighted by atomic mass is 16.7. The molecule has 0 aromatic carbocycles. The van der Waals surface area contributed by atoms with E-state index in [0.717, 1.165) is 116 Å². The van der Waals surface area contributed by atoms with E-state index >= 15 is 0 Å². The molecule has 6 unspecified atom stereocenters. The summed E-state index contributed by atoms with van der Waals surface area (Å²) in [6.45, 7) is 5.67. The van der Waals surface area contributed by atoms with Gasteiger partial charge in [-0.25, -0.2) is 4.79 Å². The van der Waals surface area contributed by atoms with Crippen molar-refractivity contribution in [1.29, 1.82) is 0 Å². The molecule has 12 heteroatoms.